The molecule has 2 spiro atoms. The van der Waals surface area contributed by atoms with Gasteiger partial charge in [-0.1, -0.05) is 6.08 Å². The first-order valence-corrected chi connectivity index (χ1v) is 7.70. The van der Waals surface area contributed by atoms with Crippen LogP contribution in [0.3, 0.4) is 0 Å². The van der Waals surface area contributed by atoms with Crippen LogP contribution in [0.5, 0.6) is 0 Å². The zero-order valence-electron chi connectivity index (χ0n) is 11.2. The van der Waals surface area contributed by atoms with Crippen molar-refractivity contribution in [3.05, 3.63) is 11.6 Å². The number of nitrogens with zero attached hydrogens (tertiary/aromatic N) is 1. The highest BCUT2D eigenvalue weighted by Gasteiger charge is 2.64. The second kappa shape index (κ2) is 3.69. The Hall–Kier alpha value is -0.630. The van der Waals surface area contributed by atoms with E-state index >= 15 is 0 Å². The molecule has 98 valence electrons. The molecule has 0 aromatic carbocycles. The minimum Gasteiger partial charge on any atom is -0.298 e. The molecule has 0 unspecified atom stereocenters. The molecule has 2 heterocycles. The fraction of sp³-hybridized carbons (Fsp3) is 0.812. The molecule has 0 aromatic heterocycles. The van der Waals surface area contributed by atoms with Gasteiger partial charge >= 0.3 is 0 Å². The van der Waals surface area contributed by atoms with Gasteiger partial charge in [-0.25, -0.2) is 0 Å². The molecule has 2 heteroatoms. The Kier molecular flexibility index (Phi) is 2.30. The van der Waals surface area contributed by atoms with Crippen LogP contribution in [0, 0.1) is 11.3 Å². The Morgan fingerprint density at radius 3 is 2.89 bits per heavy atom. The van der Waals surface area contributed by atoms with Gasteiger partial charge in [0, 0.05) is 5.54 Å². The highest BCUT2D eigenvalue weighted by Crippen LogP contribution is 2.66. The van der Waals surface area contributed by atoms with Gasteiger partial charge in [0.15, 0.2) is 0 Å². The third-order valence-electron chi connectivity index (χ3n) is 6.65. The average Bonchev–Trinajstić information content (AvgIpc) is 2.96. The van der Waals surface area contributed by atoms with Crippen molar-refractivity contribution in [2.24, 2.45) is 11.3 Å². The molecule has 2 aliphatic heterocycles. The summed E-state index contributed by atoms with van der Waals surface area (Å²) in [5, 5.41) is 0. The second-order valence-corrected chi connectivity index (χ2v) is 6.92. The molecule has 18 heavy (non-hydrogen) atoms. The van der Waals surface area contributed by atoms with Crippen molar-refractivity contribution < 1.29 is 4.79 Å². The molecule has 3 atom stereocenters. The lowest BCUT2D eigenvalue weighted by Crippen LogP contribution is -2.59. The molecular weight excluding hydrogens is 222 g/mol. The van der Waals surface area contributed by atoms with Gasteiger partial charge in [0.2, 0.25) is 0 Å². The number of hydrogen-bond acceptors (Lipinski definition) is 2. The van der Waals surface area contributed by atoms with Crippen LogP contribution in [-0.2, 0) is 4.79 Å². The van der Waals surface area contributed by atoms with Gasteiger partial charge in [0.1, 0.15) is 6.29 Å². The Morgan fingerprint density at radius 1 is 1.22 bits per heavy atom. The summed E-state index contributed by atoms with van der Waals surface area (Å²) in [6.45, 7) is 2.66. The Labute approximate surface area is 109 Å². The summed E-state index contributed by atoms with van der Waals surface area (Å²) >= 11 is 0. The molecule has 0 aromatic rings. The maximum absolute atomic E-state index is 11.1. The van der Waals surface area contributed by atoms with Gasteiger partial charge in [-0.05, 0) is 81.4 Å². The molecule has 4 aliphatic rings. The first-order chi connectivity index (χ1) is 8.81. The summed E-state index contributed by atoms with van der Waals surface area (Å²) in [7, 11) is 0. The molecular formula is C16H23NO. The van der Waals surface area contributed by atoms with Crippen LogP contribution in [0.25, 0.3) is 0 Å². The van der Waals surface area contributed by atoms with Crippen molar-refractivity contribution in [2.45, 2.75) is 56.9 Å². The first kappa shape index (κ1) is 11.2. The number of hydrogen-bond donors (Lipinski definition) is 0. The number of carbonyl (C=O) groups is 1. The normalized spacial score (nSPS) is 47.1. The summed E-state index contributed by atoms with van der Waals surface area (Å²) in [4.78, 5) is 13.9. The predicted octanol–water partition coefficient (Wildman–Crippen LogP) is 2.93. The van der Waals surface area contributed by atoms with Gasteiger partial charge in [-0.15, -0.1) is 0 Å². The Bertz CT molecular complexity index is 415. The minimum absolute atomic E-state index is 0.529. The van der Waals surface area contributed by atoms with E-state index in [4.69, 9.17) is 0 Å². The van der Waals surface area contributed by atoms with E-state index in [0.717, 1.165) is 24.2 Å². The van der Waals surface area contributed by atoms with E-state index in [1.54, 1.807) is 0 Å². The molecule has 0 radical (unpaired) electrons. The van der Waals surface area contributed by atoms with Gasteiger partial charge in [-0.2, -0.15) is 0 Å². The van der Waals surface area contributed by atoms with E-state index < -0.39 is 0 Å². The van der Waals surface area contributed by atoms with Crippen molar-refractivity contribution in [1.82, 2.24) is 4.90 Å². The predicted molar refractivity (Wildman–Crippen MR) is 71.3 cm³/mol. The maximum atomic E-state index is 11.1. The third kappa shape index (κ3) is 1.16. The molecule has 0 bridgehead atoms. The highest BCUT2D eigenvalue weighted by atomic mass is 16.1. The standard InChI is InChI=1S/C16H23NO/c18-12-13-3-7-15-5-1-9-17-10-2-6-16(15,17)8-4-14(15)11-13/h3,12,14H,1-2,4-11H2/t14-,15+,16+/m1/s1. The number of allylic oxidation sites excluding steroid dienone is 2. The molecule has 3 fully saturated rings. The third-order valence-corrected chi connectivity index (χ3v) is 6.65. The van der Waals surface area contributed by atoms with E-state index in [1.807, 2.05) is 0 Å². The number of piperidine rings is 1. The summed E-state index contributed by atoms with van der Waals surface area (Å²) in [5.41, 5.74) is 2.15. The van der Waals surface area contributed by atoms with E-state index in [2.05, 4.69) is 11.0 Å². The topological polar surface area (TPSA) is 20.3 Å². The van der Waals surface area contributed by atoms with Gasteiger partial charge in [-0.3, -0.25) is 9.69 Å². The zero-order chi connectivity index (χ0) is 12.2. The zero-order valence-corrected chi connectivity index (χ0v) is 11.2. The Morgan fingerprint density at radius 2 is 2.06 bits per heavy atom. The summed E-state index contributed by atoms with van der Waals surface area (Å²) < 4.78 is 0. The fourth-order valence-electron chi connectivity index (χ4n) is 5.98. The van der Waals surface area contributed by atoms with Crippen molar-refractivity contribution in [3.63, 3.8) is 0 Å². The molecule has 0 N–H and O–H groups in total. The first-order valence-electron chi connectivity index (χ1n) is 7.70. The quantitative estimate of drug-likeness (QED) is 0.662. The lowest BCUT2D eigenvalue weighted by molar-refractivity contribution is -0.105. The van der Waals surface area contributed by atoms with Crippen LogP contribution in [0.15, 0.2) is 11.6 Å². The van der Waals surface area contributed by atoms with Gasteiger partial charge < -0.3 is 0 Å². The highest BCUT2D eigenvalue weighted by molar-refractivity contribution is 5.73. The number of aldehydes is 1. The molecule has 4 rings (SSSR count). The largest absolute Gasteiger partial charge is 0.298 e. The molecule has 0 amide bonds. The molecule has 2 aliphatic carbocycles. The van der Waals surface area contributed by atoms with E-state index in [9.17, 15) is 4.79 Å². The van der Waals surface area contributed by atoms with Crippen LogP contribution < -0.4 is 0 Å². The van der Waals surface area contributed by atoms with Gasteiger partial charge in [0.25, 0.3) is 0 Å². The number of carbonyl (C=O) groups excluding carboxylic acids is 1. The Balaban J connectivity index is 1.78. The average molecular weight is 245 g/mol. The molecule has 1 saturated carbocycles. The van der Waals surface area contributed by atoms with Crippen molar-refractivity contribution in [3.8, 4) is 0 Å². The van der Waals surface area contributed by atoms with Crippen LogP contribution in [0.4, 0.5) is 0 Å². The summed E-state index contributed by atoms with van der Waals surface area (Å²) in [5.74, 6) is 0.795. The second-order valence-electron chi connectivity index (χ2n) is 6.92. The van der Waals surface area contributed by atoms with Crippen LogP contribution >= 0.6 is 0 Å². The number of rotatable bonds is 1. The van der Waals surface area contributed by atoms with Gasteiger partial charge in [0.05, 0.1) is 0 Å². The monoisotopic (exact) mass is 245 g/mol. The van der Waals surface area contributed by atoms with Crippen LogP contribution in [-0.4, -0.2) is 29.8 Å². The lowest BCUT2D eigenvalue weighted by atomic mass is 9.57. The smallest absolute Gasteiger partial charge is 0.145 e. The van der Waals surface area contributed by atoms with Crippen LogP contribution in [0.2, 0.25) is 0 Å². The fourth-order valence-corrected chi connectivity index (χ4v) is 5.98. The summed E-state index contributed by atoms with van der Waals surface area (Å²) in [6.07, 6.45) is 14.0. The van der Waals surface area contributed by atoms with Crippen molar-refractivity contribution in [1.29, 1.82) is 0 Å². The summed E-state index contributed by atoms with van der Waals surface area (Å²) in [6, 6.07) is 0. The van der Waals surface area contributed by atoms with Crippen molar-refractivity contribution >= 4 is 6.29 Å². The molecule has 2 nitrogen and oxygen atoms in total. The maximum Gasteiger partial charge on any atom is 0.145 e. The molecule has 2 saturated heterocycles. The minimum atomic E-state index is 0.529. The lowest BCUT2D eigenvalue weighted by Gasteiger charge is -2.56. The van der Waals surface area contributed by atoms with Crippen molar-refractivity contribution in [2.75, 3.05) is 13.1 Å². The SMILES string of the molecule is O=CC1=CC[C@]23CCCN4CCC[C@@]42CC[C@@H]3C1. The van der Waals surface area contributed by atoms with E-state index in [1.165, 1.54) is 58.0 Å². The van der Waals surface area contributed by atoms with Crippen LogP contribution in [0.1, 0.15) is 51.4 Å². The van der Waals surface area contributed by atoms with E-state index in [0.29, 0.717) is 11.0 Å². The van der Waals surface area contributed by atoms with E-state index in [-0.39, 0.29) is 0 Å².